The lowest BCUT2D eigenvalue weighted by atomic mass is 10.0. The van der Waals surface area contributed by atoms with Gasteiger partial charge in [0.2, 0.25) is 5.12 Å². The van der Waals surface area contributed by atoms with Crippen molar-refractivity contribution < 1.29 is 23.9 Å². The molecule has 23 heavy (non-hydrogen) atoms. The van der Waals surface area contributed by atoms with E-state index in [9.17, 15) is 14.4 Å². The highest BCUT2D eigenvalue weighted by Gasteiger charge is 2.27. The molecule has 124 valence electrons. The average molecular weight is 401 g/mol. The minimum absolute atomic E-state index is 0.125. The van der Waals surface area contributed by atoms with E-state index in [0.717, 1.165) is 21.1 Å². The van der Waals surface area contributed by atoms with Gasteiger partial charge in [0.05, 0.1) is 14.2 Å². The minimum Gasteiger partial charge on any atom is -0.468 e. The molecule has 1 rings (SSSR count). The number of carbonyl (C=O) groups is 3. The Morgan fingerprint density at radius 2 is 1.70 bits per heavy atom. The largest absolute Gasteiger partial charge is 0.468 e. The number of ether oxygens (including phenoxy) is 2. The van der Waals surface area contributed by atoms with E-state index in [1.165, 1.54) is 20.3 Å². The number of methoxy groups -OCH3 is 2. The monoisotopic (exact) mass is 400 g/mol. The van der Waals surface area contributed by atoms with Crippen molar-refractivity contribution >= 4 is 44.7 Å². The average Bonchev–Trinajstić information content (AvgIpc) is 2.55. The van der Waals surface area contributed by atoms with Gasteiger partial charge in [-0.2, -0.15) is 0 Å². The van der Waals surface area contributed by atoms with E-state index in [2.05, 4.69) is 25.4 Å². The molecule has 0 radical (unpaired) electrons. The zero-order valence-corrected chi connectivity index (χ0v) is 15.2. The van der Waals surface area contributed by atoms with Gasteiger partial charge in [-0.25, -0.2) is 0 Å². The molecule has 0 bridgehead atoms. The molecule has 1 aromatic carbocycles. The van der Waals surface area contributed by atoms with Crippen LogP contribution in [0.1, 0.15) is 12.8 Å². The summed E-state index contributed by atoms with van der Waals surface area (Å²) >= 11 is 4.43. The van der Waals surface area contributed by atoms with Gasteiger partial charge in [-0.05, 0) is 54.9 Å². The van der Waals surface area contributed by atoms with Crippen LogP contribution in [-0.4, -0.2) is 31.3 Å². The third-order valence-corrected chi connectivity index (χ3v) is 4.25. The Morgan fingerprint density at radius 3 is 2.22 bits per heavy atom. The molecule has 0 atom stereocenters. The Morgan fingerprint density at radius 1 is 1.13 bits per heavy atom. The van der Waals surface area contributed by atoms with Crippen molar-refractivity contribution in [2.45, 2.75) is 17.7 Å². The highest BCUT2D eigenvalue weighted by molar-refractivity contribution is 9.10. The molecule has 0 heterocycles. The summed E-state index contributed by atoms with van der Waals surface area (Å²) < 4.78 is 10.1. The van der Waals surface area contributed by atoms with Gasteiger partial charge < -0.3 is 9.47 Å². The van der Waals surface area contributed by atoms with Gasteiger partial charge in [0, 0.05) is 9.37 Å². The fraction of sp³-hybridized carbons (Fsp3) is 0.312. The smallest absolute Gasteiger partial charge is 0.320 e. The topological polar surface area (TPSA) is 69.7 Å². The number of esters is 2. The van der Waals surface area contributed by atoms with Crippen molar-refractivity contribution in [3.05, 3.63) is 40.9 Å². The second kappa shape index (κ2) is 10.2. The highest BCUT2D eigenvalue weighted by Crippen LogP contribution is 2.22. The Kier molecular flexibility index (Phi) is 8.65. The van der Waals surface area contributed by atoms with E-state index in [1.807, 2.05) is 24.3 Å². The molecule has 5 nitrogen and oxygen atoms in total. The van der Waals surface area contributed by atoms with Gasteiger partial charge in [0.25, 0.3) is 0 Å². The maximum atomic E-state index is 11.8. The number of carbonyl (C=O) groups excluding carboxylic acids is 3. The van der Waals surface area contributed by atoms with Gasteiger partial charge in [-0.1, -0.05) is 22.0 Å². The van der Waals surface area contributed by atoms with E-state index in [1.54, 1.807) is 6.08 Å². The van der Waals surface area contributed by atoms with Crippen LogP contribution in [0.2, 0.25) is 0 Å². The van der Waals surface area contributed by atoms with Crippen molar-refractivity contribution in [2.75, 3.05) is 14.2 Å². The standard InChI is InChI=1S/C16H17BrO5S/c1-21-15(19)13(16(20)22-2)5-3-4-6-14(18)23-12-9-7-11(17)8-10-12/h4,6-10,13H,3,5H2,1-2H3/b6-4+. The highest BCUT2D eigenvalue weighted by atomic mass is 79.9. The molecule has 0 amide bonds. The summed E-state index contributed by atoms with van der Waals surface area (Å²) in [6.45, 7) is 0. The van der Waals surface area contributed by atoms with E-state index < -0.39 is 17.9 Å². The van der Waals surface area contributed by atoms with Crippen LogP contribution in [0.4, 0.5) is 0 Å². The molecule has 0 spiro atoms. The second-order valence-corrected chi connectivity index (χ2v) is 6.45. The normalized spacial score (nSPS) is 10.8. The molecule has 0 saturated heterocycles. The van der Waals surface area contributed by atoms with Crippen molar-refractivity contribution in [1.29, 1.82) is 0 Å². The SMILES string of the molecule is COC(=O)C(CC/C=C/C(=O)Sc1ccc(Br)cc1)C(=O)OC. The number of allylic oxidation sites excluding steroid dienone is 1. The summed E-state index contributed by atoms with van der Waals surface area (Å²) in [4.78, 5) is 35.6. The molecule has 0 aliphatic rings. The number of hydrogen-bond acceptors (Lipinski definition) is 6. The van der Waals surface area contributed by atoms with Crippen molar-refractivity contribution in [2.24, 2.45) is 5.92 Å². The van der Waals surface area contributed by atoms with Gasteiger partial charge in [0.15, 0.2) is 5.92 Å². The van der Waals surface area contributed by atoms with Gasteiger partial charge >= 0.3 is 11.9 Å². The molecule has 7 heteroatoms. The lowest BCUT2D eigenvalue weighted by molar-refractivity contribution is -0.159. The number of hydrogen-bond donors (Lipinski definition) is 0. The van der Waals surface area contributed by atoms with Crippen LogP contribution in [-0.2, 0) is 23.9 Å². The first-order chi connectivity index (χ1) is 11.0. The summed E-state index contributed by atoms with van der Waals surface area (Å²) in [7, 11) is 2.43. The first kappa shape index (κ1) is 19.4. The summed E-state index contributed by atoms with van der Waals surface area (Å²) in [5.41, 5.74) is 0. The van der Waals surface area contributed by atoms with Crippen molar-refractivity contribution in [3.8, 4) is 0 Å². The second-order valence-electron chi connectivity index (χ2n) is 4.45. The molecule has 0 saturated carbocycles. The van der Waals surface area contributed by atoms with E-state index in [-0.39, 0.29) is 11.5 Å². The number of benzene rings is 1. The maximum Gasteiger partial charge on any atom is 0.320 e. The molecular weight excluding hydrogens is 384 g/mol. The van der Waals surface area contributed by atoms with Gasteiger partial charge in [-0.15, -0.1) is 0 Å². The summed E-state index contributed by atoms with van der Waals surface area (Å²) in [6, 6.07) is 7.39. The Bertz CT molecular complexity index is 567. The van der Waals surface area contributed by atoms with Crippen molar-refractivity contribution in [3.63, 3.8) is 0 Å². The Balaban J connectivity index is 2.47. The molecule has 0 aliphatic heterocycles. The molecule has 0 aromatic heterocycles. The van der Waals surface area contributed by atoms with Crippen LogP contribution in [0.25, 0.3) is 0 Å². The molecule has 1 aromatic rings. The molecule has 0 unspecified atom stereocenters. The number of thioether (sulfide) groups is 1. The Labute approximate surface area is 147 Å². The molecule has 0 aliphatic carbocycles. The minimum atomic E-state index is -0.969. The van der Waals surface area contributed by atoms with Crippen molar-refractivity contribution in [1.82, 2.24) is 0 Å². The third-order valence-electron chi connectivity index (χ3n) is 2.88. The predicted octanol–water partition coefficient (Wildman–Crippen LogP) is 3.37. The summed E-state index contributed by atoms with van der Waals surface area (Å²) in [5.74, 6) is -2.24. The number of rotatable bonds is 7. The fourth-order valence-electron chi connectivity index (χ4n) is 1.71. The van der Waals surface area contributed by atoms with Gasteiger partial charge in [0.1, 0.15) is 0 Å². The fourth-order valence-corrected chi connectivity index (χ4v) is 2.64. The van der Waals surface area contributed by atoms with Crippen LogP contribution in [0, 0.1) is 5.92 Å². The maximum absolute atomic E-state index is 11.8. The first-order valence-electron chi connectivity index (χ1n) is 6.77. The van der Waals surface area contributed by atoms with Gasteiger partial charge in [-0.3, -0.25) is 14.4 Å². The van der Waals surface area contributed by atoms with Crippen LogP contribution in [0.15, 0.2) is 45.8 Å². The first-order valence-corrected chi connectivity index (χ1v) is 8.38. The third kappa shape index (κ3) is 7.00. The zero-order valence-electron chi connectivity index (χ0n) is 12.8. The van der Waals surface area contributed by atoms with Crippen LogP contribution in [0.5, 0.6) is 0 Å². The lowest BCUT2D eigenvalue weighted by Crippen LogP contribution is -2.26. The molecule has 0 fully saturated rings. The van der Waals surface area contributed by atoms with Crippen LogP contribution in [0.3, 0.4) is 0 Å². The summed E-state index contributed by atoms with van der Waals surface area (Å²) in [5, 5.41) is -0.125. The van der Waals surface area contributed by atoms with Crippen LogP contribution < -0.4 is 0 Å². The predicted molar refractivity (Wildman–Crippen MR) is 90.9 cm³/mol. The van der Waals surface area contributed by atoms with Crippen LogP contribution >= 0.6 is 27.7 Å². The number of halogens is 1. The van der Waals surface area contributed by atoms with E-state index in [4.69, 9.17) is 0 Å². The lowest BCUT2D eigenvalue weighted by Gasteiger charge is -2.10. The molecule has 0 N–H and O–H groups in total. The quantitative estimate of drug-likeness (QED) is 0.302. The Hall–Kier alpha value is -1.60. The molecular formula is C16H17BrO5S. The van der Waals surface area contributed by atoms with E-state index in [0.29, 0.717) is 6.42 Å². The summed E-state index contributed by atoms with van der Waals surface area (Å²) in [6.07, 6.45) is 3.68. The van der Waals surface area contributed by atoms with E-state index >= 15 is 0 Å². The zero-order chi connectivity index (χ0) is 17.2.